The standard InChI is InChI=1S/C12H18N2O.ClH/c1-3-6-10-7-4-5-8-11(10)14-12(15)9(2)13;/h4-5,7-9H,3,6,13H2,1-2H3,(H,14,15);1H/t9-;/m0./s1. The van der Waals surface area contributed by atoms with Crippen LogP contribution >= 0.6 is 12.4 Å². The van der Waals surface area contributed by atoms with Gasteiger partial charge in [0.2, 0.25) is 5.91 Å². The first-order valence-corrected chi connectivity index (χ1v) is 5.29. The molecule has 0 unspecified atom stereocenters. The van der Waals surface area contributed by atoms with Gasteiger partial charge in [0.05, 0.1) is 6.04 Å². The molecule has 0 radical (unpaired) electrons. The van der Waals surface area contributed by atoms with Crippen LogP contribution in [0.2, 0.25) is 0 Å². The average Bonchev–Trinajstić information content (AvgIpc) is 2.21. The van der Waals surface area contributed by atoms with Gasteiger partial charge >= 0.3 is 0 Å². The Kier molecular flexibility index (Phi) is 6.77. The Morgan fingerprint density at radius 1 is 1.44 bits per heavy atom. The third kappa shape index (κ3) is 4.21. The number of para-hydroxylation sites is 1. The molecule has 0 aliphatic rings. The number of aryl methyl sites for hydroxylation is 1. The van der Waals surface area contributed by atoms with Crippen molar-refractivity contribution in [1.29, 1.82) is 0 Å². The molecule has 0 saturated heterocycles. The van der Waals surface area contributed by atoms with E-state index in [0.717, 1.165) is 24.1 Å². The van der Waals surface area contributed by atoms with Crippen molar-refractivity contribution in [1.82, 2.24) is 0 Å². The molecule has 3 nitrogen and oxygen atoms in total. The molecule has 1 amide bonds. The number of nitrogens with two attached hydrogens (primary N) is 1. The van der Waals surface area contributed by atoms with Crippen molar-refractivity contribution in [2.45, 2.75) is 32.7 Å². The molecule has 1 atom stereocenters. The van der Waals surface area contributed by atoms with Crippen LogP contribution in [0, 0.1) is 0 Å². The second-order valence-electron chi connectivity index (χ2n) is 3.69. The predicted octanol–water partition coefficient (Wildman–Crippen LogP) is 2.35. The van der Waals surface area contributed by atoms with Crippen LogP contribution in [0.5, 0.6) is 0 Å². The van der Waals surface area contributed by atoms with Crippen molar-refractivity contribution in [3.8, 4) is 0 Å². The van der Waals surface area contributed by atoms with Crippen molar-refractivity contribution >= 4 is 24.0 Å². The summed E-state index contributed by atoms with van der Waals surface area (Å²) < 4.78 is 0. The van der Waals surface area contributed by atoms with E-state index in [1.54, 1.807) is 6.92 Å². The van der Waals surface area contributed by atoms with Gasteiger partial charge in [0.25, 0.3) is 0 Å². The lowest BCUT2D eigenvalue weighted by atomic mass is 10.1. The number of halogens is 1. The fourth-order valence-corrected chi connectivity index (χ4v) is 1.38. The monoisotopic (exact) mass is 242 g/mol. The lowest BCUT2D eigenvalue weighted by Crippen LogP contribution is -2.32. The summed E-state index contributed by atoms with van der Waals surface area (Å²) in [6, 6.07) is 7.35. The number of carbonyl (C=O) groups is 1. The van der Waals surface area contributed by atoms with E-state index in [0.29, 0.717) is 0 Å². The largest absolute Gasteiger partial charge is 0.324 e. The van der Waals surface area contributed by atoms with Crippen LogP contribution in [0.15, 0.2) is 24.3 Å². The molecule has 0 fully saturated rings. The van der Waals surface area contributed by atoms with Crippen LogP contribution in [0.4, 0.5) is 5.69 Å². The number of benzene rings is 1. The normalized spacial score (nSPS) is 11.4. The molecule has 1 aromatic carbocycles. The number of rotatable bonds is 4. The minimum atomic E-state index is -0.473. The van der Waals surface area contributed by atoms with Gasteiger partial charge in [-0.25, -0.2) is 0 Å². The average molecular weight is 243 g/mol. The zero-order valence-corrected chi connectivity index (χ0v) is 10.5. The van der Waals surface area contributed by atoms with E-state index in [4.69, 9.17) is 5.73 Å². The first-order valence-electron chi connectivity index (χ1n) is 5.29. The van der Waals surface area contributed by atoms with Crippen molar-refractivity contribution in [3.05, 3.63) is 29.8 Å². The molecule has 1 rings (SSSR count). The maximum atomic E-state index is 11.4. The second-order valence-corrected chi connectivity index (χ2v) is 3.69. The van der Waals surface area contributed by atoms with E-state index in [1.807, 2.05) is 24.3 Å². The Bertz CT molecular complexity index is 340. The van der Waals surface area contributed by atoms with Crippen molar-refractivity contribution in [2.24, 2.45) is 5.73 Å². The number of hydrogen-bond donors (Lipinski definition) is 2. The summed E-state index contributed by atoms with van der Waals surface area (Å²) >= 11 is 0. The van der Waals surface area contributed by atoms with E-state index >= 15 is 0 Å². The smallest absolute Gasteiger partial charge is 0.241 e. The summed E-state index contributed by atoms with van der Waals surface area (Å²) in [4.78, 5) is 11.4. The minimum Gasteiger partial charge on any atom is -0.324 e. The van der Waals surface area contributed by atoms with E-state index in [-0.39, 0.29) is 18.3 Å². The summed E-state index contributed by atoms with van der Waals surface area (Å²) in [5.41, 5.74) is 7.53. The Hall–Kier alpha value is -1.06. The number of hydrogen-bond acceptors (Lipinski definition) is 2. The van der Waals surface area contributed by atoms with Crippen LogP contribution in [0.25, 0.3) is 0 Å². The third-order valence-electron chi connectivity index (χ3n) is 2.21. The number of nitrogens with one attached hydrogen (secondary N) is 1. The molecule has 0 bridgehead atoms. The molecule has 3 N–H and O–H groups in total. The molecule has 16 heavy (non-hydrogen) atoms. The molecular formula is C12H19ClN2O. The molecule has 0 heterocycles. The lowest BCUT2D eigenvalue weighted by Gasteiger charge is -2.11. The van der Waals surface area contributed by atoms with Gasteiger partial charge in [0.15, 0.2) is 0 Å². The molecule has 0 aliphatic carbocycles. The Morgan fingerprint density at radius 2 is 2.06 bits per heavy atom. The SMILES string of the molecule is CCCc1ccccc1NC(=O)[C@H](C)N.Cl. The summed E-state index contributed by atoms with van der Waals surface area (Å²) in [5, 5.41) is 2.83. The fraction of sp³-hybridized carbons (Fsp3) is 0.417. The molecule has 0 aliphatic heterocycles. The highest BCUT2D eigenvalue weighted by molar-refractivity contribution is 5.95. The summed E-state index contributed by atoms with van der Waals surface area (Å²) in [7, 11) is 0. The summed E-state index contributed by atoms with van der Waals surface area (Å²) in [5.74, 6) is -0.140. The predicted molar refractivity (Wildman–Crippen MR) is 70.0 cm³/mol. The van der Waals surface area contributed by atoms with E-state index in [9.17, 15) is 4.79 Å². The van der Waals surface area contributed by atoms with Crippen LogP contribution in [0.3, 0.4) is 0 Å². The highest BCUT2D eigenvalue weighted by Gasteiger charge is 2.09. The molecule has 4 heteroatoms. The van der Waals surface area contributed by atoms with Crippen LogP contribution in [0.1, 0.15) is 25.8 Å². The zero-order chi connectivity index (χ0) is 11.3. The lowest BCUT2D eigenvalue weighted by molar-refractivity contribution is -0.117. The van der Waals surface area contributed by atoms with Gasteiger partial charge in [-0.05, 0) is 25.0 Å². The number of amides is 1. The summed E-state index contributed by atoms with van der Waals surface area (Å²) in [6.45, 7) is 3.79. The molecule has 1 aromatic rings. The first-order chi connectivity index (χ1) is 7.15. The van der Waals surface area contributed by atoms with Crippen molar-refractivity contribution in [3.63, 3.8) is 0 Å². The van der Waals surface area contributed by atoms with Crippen molar-refractivity contribution in [2.75, 3.05) is 5.32 Å². The zero-order valence-electron chi connectivity index (χ0n) is 9.69. The highest BCUT2D eigenvalue weighted by Crippen LogP contribution is 2.16. The van der Waals surface area contributed by atoms with Gasteiger partial charge in [-0.2, -0.15) is 0 Å². The minimum absolute atomic E-state index is 0. The van der Waals surface area contributed by atoms with Gasteiger partial charge in [-0.15, -0.1) is 12.4 Å². The van der Waals surface area contributed by atoms with Gasteiger partial charge in [0, 0.05) is 5.69 Å². The fourth-order valence-electron chi connectivity index (χ4n) is 1.38. The number of anilines is 1. The topological polar surface area (TPSA) is 55.1 Å². The summed E-state index contributed by atoms with van der Waals surface area (Å²) in [6.07, 6.45) is 2.03. The molecule has 0 spiro atoms. The number of carbonyl (C=O) groups excluding carboxylic acids is 1. The van der Waals surface area contributed by atoms with Gasteiger partial charge in [-0.1, -0.05) is 31.5 Å². The molecule has 0 aromatic heterocycles. The van der Waals surface area contributed by atoms with Gasteiger partial charge < -0.3 is 11.1 Å². The van der Waals surface area contributed by atoms with E-state index in [2.05, 4.69) is 12.2 Å². The Balaban J connectivity index is 0.00000225. The van der Waals surface area contributed by atoms with Crippen LogP contribution in [-0.2, 0) is 11.2 Å². The van der Waals surface area contributed by atoms with Crippen molar-refractivity contribution < 1.29 is 4.79 Å². The van der Waals surface area contributed by atoms with Crippen LogP contribution in [-0.4, -0.2) is 11.9 Å². The quantitative estimate of drug-likeness (QED) is 0.852. The molecule has 90 valence electrons. The van der Waals surface area contributed by atoms with E-state index < -0.39 is 6.04 Å². The molecule has 0 saturated carbocycles. The van der Waals surface area contributed by atoms with E-state index in [1.165, 1.54) is 0 Å². The first kappa shape index (κ1) is 14.9. The maximum absolute atomic E-state index is 11.4. The molecular weight excluding hydrogens is 224 g/mol. The van der Waals surface area contributed by atoms with Gasteiger partial charge in [-0.3, -0.25) is 4.79 Å². The Labute approximate surface area is 103 Å². The highest BCUT2D eigenvalue weighted by atomic mass is 35.5. The van der Waals surface area contributed by atoms with Crippen LogP contribution < -0.4 is 11.1 Å². The Morgan fingerprint density at radius 3 is 2.62 bits per heavy atom. The maximum Gasteiger partial charge on any atom is 0.241 e. The van der Waals surface area contributed by atoms with Gasteiger partial charge in [0.1, 0.15) is 0 Å². The second kappa shape index (κ2) is 7.25. The third-order valence-corrected chi connectivity index (χ3v) is 2.21.